The van der Waals surface area contributed by atoms with Crippen LogP contribution in [0.15, 0.2) is 85.1 Å². The van der Waals surface area contributed by atoms with Gasteiger partial charge in [0.15, 0.2) is 0 Å². The maximum Gasteiger partial charge on any atom is 0.119 e. The van der Waals surface area contributed by atoms with E-state index in [1.165, 1.54) is 11.3 Å². The summed E-state index contributed by atoms with van der Waals surface area (Å²) in [6.07, 6.45) is 6.19. The molecule has 0 atom stereocenters. The normalized spacial score (nSPS) is 18.1. The van der Waals surface area contributed by atoms with E-state index in [0.717, 1.165) is 54.4 Å². The van der Waals surface area contributed by atoms with E-state index in [0.29, 0.717) is 23.7 Å². The van der Waals surface area contributed by atoms with Crippen LogP contribution in [0.3, 0.4) is 0 Å². The summed E-state index contributed by atoms with van der Waals surface area (Å²) in [4.78, 5) is 7.09. The molecule has 5 heteroatoms. The molecular formula is C29H30ClN3O. The van der Waals surface area contributed by atoms with Crippen LogP contribution in [-0.2, 0) is 13.2 Å². The summed E-state index contributed by atoms with van der Waals surface area (Å²) in [5, 5.41) is 1.84. The molecule has 4 nitrogen and oxygen atoms in total. The van der Waals surface area contributed by atoms with Crippen molar-refractivity contribution in [3.8, 4) is 5.75 Å². The van der Waals surface area contributed by atoms with Gasteiger partial charge in [-0.1, -0.05) is 54.1 Å². The van der Waals surface area contributed by atoms with Gasteiger partial charge in [-0.05, 0) is 73.2 Å². The molecule has 0 aliphatic heterocycles. The fourth-order valence-electron chi connectivity index (χ4n) is 4.81. The van der Waals surface area contributed by atoms with Crippen molar-refractivity contribution in [3.05, 3.63) is 101 Å². The molecule has 1 aliphatic carbocycles. The van der Waals surface area contributed by atoms with Crippen LogP contribution in [0.25, 0.3) is 10.9 Å². The zero-order valence-corrected chi connectivity index (χ0v) is 20.0. The number of halogens is 1. The lowest BCUT2D eigenvalue weighted by Gasteiger charge is -2.38. The highest BCUT2D eigenvalue weighted by Crippen LogP contribution is 2.34. The molecule has 1 aliphatic rings. The minimum absolute atomic E-state index is 0.312. The number of nitrogens with two attached hydrogens (primary N) is 1. The first-order valence-corrected chi connectivity index (χ1v) is 12.4. The molecule has 0 saturated heterocycles. The number of benzene rings is 3. The van der Waals surface area contributed by atoms with Gasteiger partial charge in [-0.25, -0.2) is 0 Å². The molecule has 0 amide bonds. The molecule has 174 valence electrons. The monoisotopic (exact) mass is 471 g/mol. The van der Waals surface area contributed by atoms with Crippen LogP contribution in [0.1, 0.15) is 36.8 Å². The van der Waals surface area contributed by atoms with Gasteiger partial charge in [-0.15, -0.1) is 0 Å². The molecule has 1 aromatic heterocycles. The lowest BCUT2D eigenvalue weighted by Crippen LogP contribution is -2.40. The summed E-state index contributed by atoms with van der Waals surface area (Å²) >= 11 is 6.25. The first-order chi connectivity index (χ1) is 16.7. The molecule has 1 fully saturated rings. The van der Waals surface area contributed by atoms with Gasteiger partial charge in [-0.2, -0.15) is 0 Å². The van der Waals surface area contributed by atoms with Crippen molar-refractivity contribution in [1.82, 2.24) is 4.98 Å². The standard InChI is InChI=1S/C29H30ClN3O/c30-23-8-15-27-28(18-23)32-17-16-29(27)33(25-11-9-24(31)10-12-25)19-21-6-13-26(14-7-21)34-20-22-4-2-1-3-5-22/h1-8,13-18,24-25H,9-12,19-20,31H2. The van der Waals surface area contributed by atoms with Crippen LogP contribution in [0.4, 0.5) is 5.69 Å². The Morgan fingerprint density at radius 3 is 2.41 bits per heavy atom. The number of hydrogen-bond acceptors (Lipinski definition) is 4. The number of hydrogen-bond donors (Lipinski definition) is 1. The third kappa shape index (κ3) is 5.35. The Balaban J connectivity index is 1.38. The largest absolute Gasteiger partial charge is 0.489 e. The zero-order chi connectivity index (χ0) is 23.3. The average Bonchev–Trinajstić information content (AvgIpc) is 2.87. The number of fused-ring (bicyclic) bond motifs is 1. The van der Waals surface area contributed by atoms with Crippen molar-refractivity contribution in [2.75, 3.05) is 4.90 Å². The molecular weight excluding hydrogens is 442 g/mol. The van der Waals surface area contributed by atoms with E-state index in [4.69, 9.17) is 22.1 Å². The predicted molar refractivity (Wildman–Crippen MR) is 140 cm³/mol. The highest BCUT2D eigenvalue weighted by Gasteiger charge is 2.26. The van der Waals surface area contributed by atoms with Crippen LogP contribution in [0, 0.1) is 0 Å². The van der Waals surface area contributed by atoms with Gasteiger partial charge < -0.3 is 15.4 Å². The second kappa shape index (κ2) is 10.5. The molecule has 1 saturated carbocycles. The Labute approximate surface area is 206 Å². The van der Waals surface area contributed by atoms with E-state index in [1.807, 2.05) is 36.5 Å². The number of nitrogens with zero attached hydrogens (tertiary/aromatic N) is 2. The quantitative estimate of drug-likeness (QED) is 0.324. The van der Waals surface area contributed by atoms with E-state index in [-0.39, 0.29) is 0 Å². The van der Waals surface area contributed by atoms with Gasteiger partial charge in [0.2, 0.25) is 0 Å². The van der Waals surface area contributed by atoms with E-state index in [2.05, 4.69) is 58.4 Å². The average molecular weight is 472 g/mol. The molecule has 5 rings (SSSR count). The highest BCUT2D eigenvalue weighted by molar-refractivity contribution is 6.31. The number of rotatable bonds is 7. The SMILES string of the molecule is NC1CCC(N(Cc2ccc(OCc3ccccc3)cc2)c2ccnc3cc(Cl)ccc23)CC1. The predicted octanol–water partition coefficient (Wildman–Crippen LogP) is 6.74. The lowest BCUT2D eigenvalue weighted by atomic mass is 9.90. The van der Waals surface area contributed by atoms with Crippen molar-refractivity contribution in [2.24, 2.45) is 5.73 Å². The number of pyridine rings is 1. The maximum atomic E-state index is 6.25. The van der Waals surface area contributed by atoms with Crippen LogP contribution in [0.2, 0.25) is 5.02 Å². The zero-order valence-electron chi connectivity index (χ0n) is 19.2. The molecule has 0 bridgehead atoms. The summed E-state index contributed by atoms with van der Waals surface area (Å²) in [7, 11) is 0. The van der Waals surface area contributed by atoms with Crippen LogP contribution < -0.4 is 15.4 Å². The second-order valence-electron chi connectivity index (χ2n) is 9.11. The minimum atomic E-state index is 0.312. The summed E-state index contributed by atoms with van der Waals surface area (Å²) in [5.41, 5.74) is 10.8. The van der Waals surface area contributed by atoms with Gasteiger partial charge in [0.1, 0.15) is 12.4 Å². The smallest absolute Gasteiger partial charge is 0.119 e. The maximum absolute atomic E-state index is 6.25. The fourth-order valence-corrected chi connectivity index (χ4v) is 4.98. The highest BCUT2D eigenvalue weighted by atomic mass is 35.5. The molecule has 0 unspecified atom stereocenters. The van der Waals surface area contributed by atoms with Crippen molar-refractivity contribution in [2.45, 2.75) is 50.9 Å². The summed E-state index contributed by atoms with van der Waals surface area (Å²) in [6, 6.07) is 27.6. The van der Waals surface area contributed by atoms with E-state index >= 15 is 0 Å². The summed E-state index contributed by atoms with van der Waals surface area (Å²) in [6.45, 7) is 1.39. The molecule has 34 heavy (non-hydrogen) atoms. The van der Waals surface area contributed by atoms with Crippen molar-refractivity contribution in [3.63, 3.8) is 0 Å². The van der Waals surface area contributed by atoms with Crippen molar-refractivity contribution >= 4 is 28.2 Å². The third-order valence-electron chi connectivity index (χ3n) is 6.70. The molecule has 2 N–H and O–H groups in total. The molecule has 0 spiro atoms. The summed E-state index contributed by atoms with van der Waals surface area (Å²) in [5.74, 6) is 0.881. The third-order valence-corrected chi connectivity index (χ3v) is 6.93. The van der Waals surface area contributed by atoms with Crippen LogP contribution >= 0.6 is 11.6 Å². The second-order valence-corrected chi connectivity index (χ2v) is 9.54. The fraction of sp³-hybridized carbons (Fsp3) is 0.276. The van der Waals surface area contributed by atoms with Gasteiger partial charge in [0.25, 0.3) is 0 Å². The Morgan fingerprint density at radius 2 is 1.65 bits per heavy atom. The number of aromatic nitrogens is 1. The first-order valence-electron chi connectivity index (χ1n) is 12.0. The lowest BCUT2D eigenvalue weighted by molar-refractivity contribution is 0.306. The Hall–Kier alpha value is -3.08. The van der Waals surface area contributed by atoms with Gasteiger partial charge in [0.05, 0.1) is 5.52 Å². The number of ether oxygens (including phenoxy) is 1. The molecule has 0 radical (unpaired) electrons. The van der Waals surface area contributed by atoms with Gasteiger partial charge in [0, 0.05) is 40.9 Å². The van der Waals surface area contributed by atoms with E-state index < -0.39 is 0 Å². The van der Waals surface area contributed by atoms with E-state index in [9.17, 15) is 0 Å². The molecule has 1 heterocycles. The molecule has 4 aromatic rings. The number of anilines is 1. The molecule has 3 aromatic carbocycles. The topological polar surface area (TPSA) is 51.4 Å². The van der Waals surface area contributed by atoms with Crippen molar-refractivity contribution < 1.29 is 4.74 Å². The van der Waals surface area contributed by atoms with Gasteiger partial charge in [-0.3, -0.25) is 4.98 Å². The van der Waals surface area contributed by atoms with E-state index in [1.54, 1.807) is 0 Å². The Bertz CT molecular complexity index is 1220. The van der Waals surface area contributed by atoms with Crippen LogP contribution in [0.5, 0.6) is 5.75 Å². The Morgan fingerprint density at radius 1 is 0.882 bits per heavy atom. The Kier molecular flexibility index (Phi) is 6.98. The van der Waals surface area contributed by atoms with Crippen molar-refractivity contribution in [1.29, 1.82) is 0 Å². The summed E-state index contributed by atoms with van der Waals surface area (Å²) < 4.78 is 5.99. The van der Waals surface area contributed by atoms with Crippen LogP contribution in [-0.4, -0.2) is 17.1 Å². The first kappa shape index (κ1) is 22.7. The minimum Gasteiger partial charge on any atom is -0.489 e. The van der Waals surface area contributed by atoms with Gasteiger partial charge >= 0.3 is 0 Å².